The first-order valence-electron chi connectivity index (χ1n) is 46.8. The van der Waals surface area contributed by atoms with Gasteiger partial charge < -0.3 is 144 Å². The van der Waals surface area contributed by atoms with Gasteiger partial charge in [-0.15, -0.1) is 0 Å². The van der Waals surface area contributed by atoms with Gasteiger partial charge in [-0.3, -0.25) is 14.4 Å². The second-order valence-electron chi connectivity index (χ2n) is 31.2. The summed E-state index contributed by atoms with van der Waals surface area (Å²) in [6.45, 7) is 29.4. The van der Waals surface area contributed by atoms with Gasteiger partial charge in [0.25, 0.3) is 0 Å². The summed E-state index contributed by atoms with van der Waals surface area (Å²) in [4.78, 5) is 57.0. The lowest BCUT2D eigenvalue weighted by Gasteiger charge is -2.38. The fourth-order valence-electron chi connectivity index (χ4n) is 12.2. The third-order valence-electron chi connectivity index (χ3n) is 19.1. The van der Waals surface area contributed by atoms with Crippen LogP contribution in [-0.4, -0.2) is 416 Å². The molecule has 3 N–H and O–H groups in total. The number of nitrogens with zero attached hydrogens (tertiary/aromatic N) is 3. The van der Waals surface area contributed by atoms with E-state index >= 15 is 0 Å². The molecule has 0 atom stereocenters. The maximum absolute atomic E-state index is 13.9. The molecule has 0 spiro atoms. The molecule has 2 aliphatic rings. The zero-order valence-electron chi connectivity index (χ0n) is 79.9. The van der Waals surface area contributed by atoms with E-state index in [1.807, 2.05) is 37.3 Å². The zero-order valence-corrected chi connectivity index (χ0v) is 80.7. The van der Waals surface area contributed by atoms with Gasteiger partial charge in [-0.25, -0.2) is 27.0 Å². The highest BCUT2D eigenvalue weighted by molar-refractivity contribution is 7.89. The maximum Gasteiger partial charge on any atom is 0.407 e. The molecule has 1 fully saturated rings. The van der Waals surface area contributed by atoms with Crippen LogP contribution in [0.25, 0.3) is 17.2 Å². The van der Waals surface area contributed by atoms with E-state index in [0.29, 0.717) is 372 Å². The molecule has 2 aliphatic heterocycles. The number of nitrogens with two attached hydrogens (primary N) is 1. The summed E-state index contributed by atoms with van der Waals surface area (Å²) in [5.74, 6) is -9.28. The number of hydrogen-bond donors (Lipinski definition) is 2. The molecule has 0 bridgehead atoms. The van der Waals surface area contributed by atoms with E-state index in [2.05, 4.69) is 15.0 Å². The maximum atomic E-state index is 13.9. The lowest BCUT2D eigenvalue weighted by atomic mass is 9.95. The highest BCUT2D eigenvalue weighted by atomic mass is 32.2. The Kier molecular flexibility index (Phi) is 69.6. The van der Waals surface area contributed by atoms with Crippen molar-refractivity contribution in [1.82, 2.24) is 14.5 Å². The Bertz CT molecular complexity index is 3760. The first-order chi connectivity index (χ1) is 66.2. The smallest absolute Gasteiger partial charge is 0.407 e. The van der Waals surface area contributed by atoms with E-state index in [-0.39, 0.29) is 80.3 Å². The van der Waals surface area contributed by atoms with Gasteiger partial charge in [0.2, 0.25) is 33.3 Å². The van der Waals surface area contributed by atoms with Crippen molar-refractivity contribution < 1.29 is 173 Å². The van der Waals surface area contributed by atoms with Gasteiger partial charge in [-0.2, -0.15) is 13.1 Å². The van der Waals surface area contributed by atoms with Gasteiger partial charge in [0.05, 0.1) is 347 Å². The molecule has 5 rings (SSSR count). The van der Waals surface area contributed by atoms with Crippen LogP contribution < -0.4 is 15.8 Å². The van der Waals surface area contributed by atoms with E-state index in [1.165, 1.54) is 4.31 Å². The van der Waals surface area contributed by atoms with E-state index in [1.54, 1.807) is 43.9 Å². The van der Waals surface area contributed by atoms with Crippen molar-refractivity contribution >= 4 is 51.4 Å². The quantitative estimate of drug-likeness (QED) is 0.0180. The molecule has 0 unspecified atom stereocenters. The number of sulfonamides is 1. The van der Waals surface area contributed by atoms with Crippen molar-refractivity contribution in [3.63, 3.8) is 0 Å². The SMILES string of the molecule is CCCN(CCCNC(=O)OC(C)(C)C)C(=O)C1=Cc2ccc(-c3cccc(S(=O)(=O)N4CC(CCC(=O)CCOCCOCCOCCOCCOCCOCCOCCOCCOCCOCCOCCOCCOCCOCCOCCOCCOCCOCCOCCOCCOCCOCCOCCOCCOCCC(=O)Oc5c(F)c(F)cc(F)c5F)C4)c3)cc2N=C(N)C1. The molecule has 3 aromatic carbocycles. The van der Waals surface area contributed by atoms with Crippen molar-refractivity contribution in [2.24, 2.45) is 16.6 Å². The number of amides is 2. The topological polar surface area (TPSA) is 409 Å². The molecule has 778 valence electrons. The van der Waals surface area contributed by atoms with Gasteiger partial charge in [-0.05, 0) is 81.4 Å². The van der Waals surface area contributed by atoms with Crippen molar-refractivity contribution in [2.75, 3.05) is 363 Å². The van der Waals surface area contributed by atoms with E-state index in [0.717, 1.165) is 12.0 Å². The summed E-state index contributed by atoms with van der Waals surface area (Å²) in [6, 6.07) is 12.4. The number of ketones is 1. The zero-order chi connectivity index (χ0) is 97.7. The van der Waals surface area contributed by atoms with E-state index in [4.69, 9.17) is 129 Å². The van der Waals surface area contributed by atoms with Crippen molar-refractivity contribution in [3.8, 4) is 16.9 Å². The minimum Gasteiger partial charge on any atom is -0.444 e. The number of benzene rings is 3. The standard InChI is InChI=1S/C93H149F4N5O33S/c1-5-17-101(18-7-16-99-92(106)135-93(2,3)4)91(105)80-69-79-12-11-78(71-85(79)100-86(98)72-80)77-8-6-9-82(70-77)136(107,108)102-74-76(75-102)10-13-81(103)14-19-109-21-23-111-25-27-113-29-31-115-33-35-117-37-39-119-41-43-121-45-47-123-49-51-125-53-55-127-57-59-129-61-63-131-65-67-133-68-66-132-64-62-130-60-58-128-56-54-126-52-50-124-48-46-122-44-42-120-40-38-118-36-34-116-32-30-114-28-26-112-24-22-110-20-15-87(104)134-90-88(96)83(94)73-84(95)89(90)97/h6,8-9,11-12,69-71,73,76H,5,7,10,13-68,72,74-75H2,1-4H3,(H2,98,100)(H,99,106). The fourth-order valence-corrected chi connectivity index (χ4v) is 13.8. The van der Waals surface area contributed by atoms with Crippen LogP contribution in [0.5, 0.6) is 5.75 Å². The third kappa shape index (κ3) is 59.8. The number of aliphatic imine (C=N–C) groups is 1. The summed E-state index contributed by atoms with van der Waals surface area (Å²) in [6.07, 6.45) is 3.55. The van der Waals surface area contributed by atoms with Crippen molar-refractivity contribution in [3.05, 3.63) is 82.9 Å². The number of fused-ring (bicyclic) bond motifs is 1. The summed E-state index contributed by atoms with van der Waals surface area (Å²) < 4.78 is 230. The highest BCUT2D eigenvalue weighted by Gasteiger charge is 2.37. The second kappa shape index (κ2) is 79.0. The van der Waals surface area contributed by atoms with E-state index in [9.17, 15) is 45.2 Å². The Morgan fingerprint density at radius 2 is 0.765 bits per heavy atom. The van der Waals surface area contributed by atoms with Crippen LogP contribution >= 0.6 is 0 Å². The molecule has 1 saturated heterocycles. The van der Waals surface area contributed by atoms with Gasteiger partial charge in [-0.1, -0.05) is 31.2 Å². The number of esters is 1. The van der Waals surface area contributed by atoms with Gasteiger partial charge in [0, 0.05) is 69.2 Å². The van der Waals surface area contributed by atoms with Crippen LogP contribution in [0.4, 0.5) is 28.0 Å². The molecular weight excluding hydrogens is 1820 g/mol. The Labute approximate surface area is 798 Å². The Morgan fingerprint density at radius 1 is 0.434 bits per heavy atom. The average molecular weight is 1970 g/mol. The van der Waals surface area contributed by atoms with Gasteiger partial charge >= 0.3 is 12.1 Å². The number of alkyl carbamates (subject to hydrolysis) is 1. The molecule has 3 aromatic rings. The van der Waals surface area contributed by atoms with Crippen LogP contribution in [0.2, 0.25) is 0 Å². The predicted octanol–water partition coefficient (Wildman–Crippen LogP) is 7.61. The molecular formula is C93H149F4N5O33S. The number of nitrogens with one attached hydrogen (secondary N) is 1. The van der Waals surface area contributed by atoms with Gasteiger partial charge in [0.1, 0.15) is 17.2 Å². The summed E-state index contributed by atoms with van der Waals surface area (Å²) in [7, 11) is -3.79. The molecule has 0 aromatic heterocycles. The summed E-state index contributed by atoms with van der Waals surface area (Å²) in [5.41, 5.74) is 8.97. The molecule has 2 amide bonds. The molecule has 38 nitrogen and oxygen atoms in total. The Morgan fingerprint density at radius 3 is 1.10 bits per heavy atom. The lowest BCUT2D eigenvalue weighted by Crippen LogP contribution is -2.49. The number of hydrogen-bond acceptors (Lipinski definition) is 35. The molecule has 136 heavy (non-hydrogen) atoms. The van der Waals surface area contributed by atoms with Crippen LogP contribution in [0, 0.1) is 29.2 Å². The largest absolute Gasteiger partial charge is 0.444 e. The monoisotopic (exact) mass is 1970 g/mol. The molecule has 0 radical (unpaired) electrons. The average Bonchev–Trinajstić information content (AvgIpc) is 0.806. The Balaban J connectivity index is 0.638. The third-order valence-corrected chi connectivity index (χ3v) is 20.9. The fraction of sp³-hybridized carbons (Fsp3) is 0.731. The highest BCUT2D eigenvalue weighted by Crippen LogP contribution is 2.35. The number of halogens is 4. The molecule has 0 saturated carbocycles. The normalized spacial score (nSPS) is 13.1. The minimum absolute atomic E-state index is 0.0145. The first-order valence-corrected chi connectivity index (χ1v) is 48.2. The Hall–Kier alpha value is -6.62. The predicted molar refractivity (Wildman–Crippen MR) is 490 cm³/mol. The van der Waals surface area contributed by atoms with Crippen LogP contribution in [0.3, 0.4) is 0 Å². The first kappa shape index (κ1) is 120. The van der Waals surface area contributed by atoms with Crippen LogP contribution in [0.15, 0.2) is 64.0 Å². The van der Waals surface area contributed by atoms with Gasteiger partial charge in [0.15, 0.2) is 11.6 Å². The molecule has 43 heteroatoms. The van der Waals surface area contributed by atoms with Crippen LogP contribution in [-0.2, 0) is 148 Å². The summed E-state index contributed by atoms with van der Waals surface area (Å²) >= 11 is 0. The number of carbonyl (C=O) groups excluding carboxylic acids is 4. The number of Topliss-reactive ketones (excluding diaryl/α,β-unsaturated/α-hetero) is 1. The second-order valence-corrected chi connectivity index (χ2v) is 33.1. The van der Waals surface area contributed by atoms with Crippen molar-refractivity contribution in [2.45, 2.75) is 83.1 Å². The van der Waals surface area contributed by atoms with Crippen LogP contribution in [0.1, 0.15) is 78.2 Å². The number of rotatable bonds is 92. The number of carbonyl (C=O) groups is 4. The number of ether oxygens (including phenoxy) is 27. The lowest BCUT2D eigenvalue weighted by molar-refractivity contribution is -0.136. The number of amidine groups is 1. The summed E-state index contributed by atoms with van der Waals surface area (Å²) in [5, 5.41) is 2.75. The van der Waals surface area contributed by atoms with Crippen molar-refractivity contribution in [1.29, 1.82) is 0 Å². The van der Waals surface area contributed by atoms with E-state index < -0.39 is 63.1 Å². The molecule has 2 heterocycles. The minimum atomic E-state index is -3.79. The molecule has 0 aliphatic carbocycles.